The van der Waals surface area contributed by atoms with Gasteiger partial charge < -0.3 is 80.4 Å². The maximum Gasteiger partial charge on any atom is 2.00 e. The second kappa shape index (κ2) is 16.3. The molecule has 4 aromatic carbocycles. The molecule has 1 radical (unpaired) electrons. The number of fused-ring (bicyclic) bond motifs is 20. The first-order valence-electron chi connectivity index (χ1n) is 13.4. The summed E-state index contributed by atoms with van der Waals surface area (Å²) in [6.07, 6.45) is 0. The van der Waals surface area contributed by atoms with Gasteiger partial charge in [-0.3, -0.25) is 0 Å². The Balaban J connectivity index is 0.00000108. The van der Waals surface area contributed by atoms with Crippen LogP contribution in [0.4, 0.5) is 0 Å². The topological polar surface area (TPSA) is 106 Å². The Hall–Kier alpha value is -0.361. The summed E-state index contributed by atoms with van der Waals surface area (Å²) in [5.74, 6) is 1.70. The Morgan fingerprint density at radius 3 is 1.78 bits per heavy atom. The van der Waals surface area contributed by atoms with E-state index in [4.69, 9.17) is 90.4 Å². The molecule has 2 aliphatic rings. The molecule has 3 aromatic heterocycles. The fourth-order valence-corrected chi connectivity index (χ4v) is 6.58. The molecule has 219 valence electrons. The molecule has 0 fully saturated rings. The first kappa shape index (κ1) is 41.4. The van der Waals surface area contributed by atoms with Crippen LogP contribution in [0, 0.1) is 0 Å². The van der Waals surface area contributed by atoms with Crippen molar-refractivity contribution in [2.45, 2.75) is 19.6 Å². The summed E-state index contributed by atoms with van der Waals surface area (Å²) < 4.78 is 0. The quantitative estimate of drug-likeness (QED) is 0.108. The van der Waals surface area contributed by atoms with Crippen molar-refractivity contribution in [1.82, 2.24) is 39.9 Å². The van der Waals surface area contributed by atoms with E-state index < -0.39 is 0 Å². The van der Waals surface area contributed by atoms with Crippen molar-refractivity contribution in [2.24, 2.45) is 0 Å². The van der Waals surface area contributed by atoms with Crippen molar-refractivity contribution in [2.75, 3.05) is 0 Å². The minimum atomic E-state index is 0. The van der Waals surface area contributed by atoms with E-state index in [9.17, 15) is 0 Å². The molecule has 0 saturated carbocycles. The molecular weight excluding hydrogens is 780 g/mol. The van der Waals surface area contributed by atoms with E-state index in [2.05, 4.69) is 0 Å². The van der Waals surface area contributed by atoms with Crippen LogP contribution in [0.25, 0.3) is 89.7 Å². The van der Waals surface area contributed by atoms with Crippen molar-refractivity contribution < 1.29 is 135 Å². The van der Waals surface area contributed by atoms with Crippen LogP contribution in [0.5, 0.6) is 0 Å². The van der Waals surface area contributed by atoms with Crippen molar-refractivity contribution in [3.63, 3.8) is 0 Å². The maximum atomic E-state index is 5.74. The van der Waals surface area contributed by atoms with Crippen molar-refractivity contribution in [3.05, 3.63) is 72.8 Å². The minimum Gasteiger partial charge on any atom is -0.780 e. The third-order valence-corrected chi connectivity index (χ3v) is 8.81. The predicted octanol–water partition coefficient (Wildman–Crippen LogP) is -6.24. The van der Waals surface area contributed by atoms with E-state index in [0.717, 1.165) is 32.8 Å². The van der Waals surface area contributed by atoms with E-state index in [1.807, 2.05) is 72.8 Å². The fraction of sp³-hybridized carbons (Fsp3) is 0. The standard InChI is InChI=1S/C32H16N8S4.Cu.4Na/c41-13-7-9-15-19(11-13)30-34-25(15)33-29-20-12-14(42)8-10-16(20)26(35-29)37-31-24-18(4-2-6-22(24)44)28(39-31)40-32-23-17(27(36-30)38-32)3-1-5-21(23)43;;;;;/h1-12H,(H4-2,33,34,35,36,37,38,39,40,41,42,43,44);;;;;/q-2;+2;4*+1/p-4. The Morgan fingerprint density at radius 2 is 0.980 bits per heavy atom. The molecule has 0 amide bonds. The van der Waals surface area contributed by atoms with Crippen LogP contribution < -0.4 is 128 Å². The van der Waals surface area contributed by atoms with Crippen LogP contribution >= 0.6 is 0 Å². The van der Waals surface area contributed by atoms with Gasteiger partial charge in [-0.25, -0.2) is 9.97 Å². The fourth-order valence-electron chi connectivity index (χ4n) is 5.65. The van der Waals surface area contributed by atoms with Crippen LogP contribution in [0.2, 0.25) is 0 Å². The van der Waals surface area contributed by atoms with Gasteiger partial charge in [-0.05, 0) is 27.1 Å². The second-order valence-corrected chi connectivity index (χ2v) is 12.1. The van der Waals surface area contributed by atoms with Crippen molar-refractivity contribution >= 4 is 94.6 Å². The summed E-state index contributed by atoms with van der Waals surface area (Å²) in [7, 11) is 0. The molecule has 17 heteroatoms. The SMILES string of the molecule is [Cu+2].[Na+].[Na+].[Na+].[Na+].[S-]c1ccc2c(c1)-c1nc-2nc2[n-]c(nc3nc(nc4[n-]c(n1)c1cccc([S-])c41)-c1cccc([S-])c1-3)c1ccc([S-])cc21. The van der Waals surface area contributed by atoms with Gasteiger partial charge in [0, 0.05) is 39.3 Å². The van der Waals surface area contributed by atoms with Gasteiger partial charge in [-0.1, -0.05) is 72.8 Å². The van der Waals surface area contributed by atoms with E-state index in [1.54, 1.807) is 0 Å². The number of nitrogens with zero attached hydrogens (tertiary/aromatic N) is 8. The summed E-state index contributed by atoms with van der Waals surface area (Å²) in [6.45, 7) is 0. The van der Waals surface area contributed by atoms with Gasteiger partial charge in [-0.15, -0.1) is 0 Å². The second-order valence-electron chi connectivity index (χ2n) is 10.3. The Kier molecular flexibility index (Phi) is 13.8. The van der Waals surface area contributed by atoms with Crippen LogP contribution in [-0.4, -0.2) is 29.9 Å². The molecule has 2 aliphatic heterocycles. The van der Waals surface area contributed by atoms with E-state index in [0.29, 0.717) is 76.4 Å². The molecule has 0 aliphatic carbocycles. The zero-order valence-electron chi connectivity index (χ0n) is 26.4. The Bertz CT molecular complexity index is 2600. The maximum absolute atomic E-state index is 5.74. The summed E-state index contributed by atoms with van der Waals surface area (Å²) in [5.41, 5.74) is 4.67. The van der Waals surface area contributed by atoms with E-state index >= 15 is 0 Å². The summed E-state index contributed by atoms with van der Waals surface area (Å²) in [5, 5.41) is 2.98. The third kappa shape index (κ3) is 7.17. The van der Waals surface area contributed by atoms with E-state index in [-0.39, 0.29) is 135 Å². The largest absolute Gasteiger partial charge is 2.00 e. The zero-order chi connectivity index (χ0) is 29.7. The van der Waals surface area contributed by atoms with Gasteiger partial charge in [0.2, 0.25) is 0 Å². The molecule has 0 N–H and O–H groups in total. The molecule has 0 unspecified atom stereocenters. The first-order valence-corrected chi connectivity index (χ1v) is 15.0. The molecule has 49 heavy (non-hydrogen) atoms. The number of hydrogen-bond donors (Lipinski definition) is 0. The molecule has 0 saturated heterocycles. The van der Waals surface area contributed by atoms with Gasteiger partial charge in [0.1, 0.15) is 0 Å². The number of hydrogen-bond acceptors (Lipinski definition) is 10. The number of benzene rings is 4. The predicted molar refractivity (Wildman–Crippen MR) is 177 cm³/mol. The van der Waals surface area contributed by atoms with Gasteiger partial charge in [0.15, 0.2) is 0 Å². The van der Waals surface area contributed by atoms with Crippen LogP contribution in [0.15, 0.2) is 92.4 Å². The van der Waals surface area contributed by atoms with Gasteiger partial charge in [-0.2, -0.15) is 19.6 Å². The molecule has 7 aromatic rings. The smallest absolute Gasteiger partial charge is 0.780 e. The van der Waals surface area contributed by atoms with Crippen molar-refractivity contribution in [3.8, 4) is 45.6 Å². The molecular formula is C32H12CuN8Na4S4. The normalized spacial score (nSPS) is 10.8. The number of rotatable bonds is 0. The molecule has 0 spiro atoms. The van der Waals surface area contributed by atoms with E-state index in [1.165, 1.54) is 0 Å². The molecule has 0 atom stereocenters. The molecule has 8 bridgehead atoms. The summed E-state index contributed by atoms with van der Waals surface area (Å²) in [4.78, 5) is 41.7. The van der Waals surface area contributed by atoms with Gasteiger partial charge in [0.25, 0.3) is 0 Å². The van der Waals surface area contributed by atoms with Gasteiger partial charge >= 0.3 is 135 Å². The van der Waals surface area contributed by atoms with Crippen molar-refractivity contribution in [1.29, 1.82) is 0 Å². The Labute approximate surface area is 401 Å². The molecule has 9 rings (SSSR count). The average molecular weight is 792 g/mol. The summed E-state index contributed by atoms with van der Waals surface area (Å²) >= 11 is 22.5. The van der Waals surface area contributed by atoms with Crippen LogP contribution in [0.1, 0.15) is 0 Å². The zero-order valence-corrected chi connectivity index (χ0v) is 38.6. The minimum absolute atomic E-state index is 0. The number of aromatic nitrogens is 8. The Morgan fingerprint density at radius 1 is 0.429 bits per heavy atom. The van der Waals surface area contributed by atoms with Gasteiger partial charge in [0.05, 0.1) is 23.3 Å². The third-order valence-electron chi connectivity index (χ3n) is 7.62. The first-order chi connectivity index (χ1) is 21.4. The monoisotopic (exact) mass is 791 g/mol. The van der Waals surface area contributed by atoms with Crippen LogP contribution in [0.3, 0.4) is 0 Å². The molecule has 5 heterocycles. The summed E-state index contributed by atoms with van der Waals surface area (Å²) in [6, 6.07) is 22.5. The average Bonchev–Trinajstić information content (AvgIpc) is 3.73. The molecule has 8 nitrogen and oxygen atoms in total. The van der Waals surface area contributed by atoms with Crippen LogP contribution in [-0.2, 0) is 67.6 Å².